The first-order valence-electron chi connectivity index (χ1n) is 5.20. The Hall–Kier alpha value is -0.700. The summed E-state index contributed by atoms with van der Waals surface area (Å²) in [5.41, 5.74) is 0. The van der Waals surface area contributed by atoms with Gasteiger partial charge in [0.2, 0.25) is 15.6 Å². The van der Waals surface area contributed by atoms with Crippen molar-refractivity contribution in [2.45, 2.75) is 25.9 Å². The molecule has 17 heavy (non-hydrogen) atoms. The first-order valence-corrected chi connectivity index (χ1v) is 6.28. The van der Waals surface area contributed by atoms with Gasteiger partial charge in [0, 0.05) is 29.6 Å². The molecule has 2 unspecified atom stereocenters. The van der Waals surface area contributed by atoms with Crippen LogP contribution in [0, 0.1) is 0 Å². The van der Waals surface area contributed by atoms with Gasteiger partial charge in [-0.3, -0.25) is 14.4 Å². The van der Waals surface area contributed by atoms with Crippen molar-refractivity contribution in [2.75, 3.05) is 20.6 Å². The number of rotatable bonds is 6. The smallest absolute Gasteiger partial charge is 0.245 e. The topological polar surface area (TPSA) is 78.5 Å². The van der Waals surface area contributed by atoms with E-state index in [1.807, 2.05) is 0 Å². The first kappa shape index (κ1) is 16.3. The fourth-order valence-electron chi connectivity index (χ4n) is 1.13. The van der Waals surface area contributed by atoms with Crippen LogP contribution in [0.3, 0.4) is 0 Å². The van der Waals surface area contributed by atoms with E-state index < -0.39 is 6.04 Å². The molecule has 0 aromatic carbocycles. The fourth-order valence-corrected chi connectivity index (χ4v) is 1.64. The Bertz CT molecular complexity index is 309. The molecule has 0 fully saturated rings. The Labute approximate surface area is 115 Å². The largest absolute Gasteiger partial charge is 0.343 e. The number of carbonyl (C=O) groups is 3. The molecule has 7 heteroatoms. The van der Waals surface area contributed by atoms with Crippen LogP contribution >= 0.6 is 22.6 Å². The number of amides is 2. The quantitative estimate of drug-likeness (QED) is 0.498. The molecule has 0 saturated heterocycles. The summed E-state index contributed by atoms with van der Waals surface area (Å²) >= 11 is 1.63. The van der Waals surface area contributed by atoms with Crippen LogP contribution in [-0.4, -0.2) is 53.2 Å². The molecular formula is C10H18IN3O3. The maximum atomic E-state index is 11.8. The lowest BCUT2D eigenvalue weighted by atomic mass is 10.2. The van der Waals surface area contributed by atoms with Gasteiger partial charge >= 0.3 is 0 Å². The summed E-state index contributed by atoms with van der Waals surface area (Å²) in [6, 6.07) is -0.999. The zero-order valence-corrected chi connectivity index (χ0v) is 12.6. The lowest BCUT2D eigenvalue weighted by molar-refractivity contribution is -0.136. The number of halogens is 1. The van der Waals surface area contributed by atoms with Gasteiger partial charge in [-0.1, -0.05) is 0 Å². The van der Waals surface area contributed by atoms with E-state index in [-0.39, 0.29) is 28.2 Å². The molecular weight excluding hydrogens is 337 g/mol. The minimum atomic E-state index is -0.640. The predicted octanol–water partition coefficient (Wildman–Crippen LogP) is -0.481. The van der Waals surface area contributed by atoms with E-state index in [4.69, 9.17) is 0 Å². The van der Waals surface area contributed by atoms with Crippen molar-refractivity contribution >= 4 is 38.2 Å². The molecule has 0 aromatic rings. The summed E-state index contributed by atoms with van der Waals surface area (Å²) in [4.78, 5) is 35.4. The van der Waals surface area contributed by atoms with Gasteiger partial charge in [-0.2, -0.15) is 0 Å². The molecule has 0 rings (SSSR count). The maximum Gasteiger partial charge on any atom is 0.245 e. The molecule has 0 spiro atoms. The van der Waals surface area contributed by atoms with E-state index in [0.29, 0.717) is 0 Å². The highest BCUT2D eigenvalue weighted by Gasteiger charge is 2.22. The molecule has 0 aromatic heterocycles. The number of likely N-dealkylation sites (N-methyl/N-ethyl adjacent to an activating group) is 2. The number of hydrogen-bond donors (Lipinski definition) is 2. The van der Waals surface area contributed by atoms with E-state index in [9.17, 15) is 14.4 Å². The van der Waals surface area contributed by atoms with Crippen molar-refractivity contribution in [3.8, 4) is 0 Å². The standard InChI is InChI=1S/C10H18IN3O3/c1-6(12-3)9(16)13-7(2)10(17)14(4)5-8(11)15/h6-7,12H,5H2,1-4H3,(H,13,16). The van der Waals surface area contributed by atoms with E-state index >= 15 is 0 Å². The summed E-state index contributed by atoms with van der Waals surface area (Å²) in [5.74, 6) is -0.533. The summed E-state index contributed by atoms with van der Waals surface area (Å²) in [6.45, 7) is 3.34. The van der Waals surface area contributed by atoms with E-state index in [1.54, 1.807) is 43.5 Å². The van der Waals surface area contributed by atoms with E-state index in [1.165, 1.54) is 11.9 Å². The van der Waals surface area contributed by atoms with Gasteiger partial charge in [0.1, 0.15) is 6.04 Å². The Kier molecular flexibility index (Phi) is 7.28. The third-order valence-electron chi connectivity index (χ3n) is 2.29. The van der Waals surface area contributed by atoms with Gasteiger partial charge < -0.3 is 15.5 Å². The Morgan fingerprint density at radius 3 is 2.18 bits per heavy atom. The normalized spacial score (nSPS) is 13.7. The minimum absolute atomic E-state index is 0.0428. The van der Waals surface area contributed by atoms with Gasteiger partial charge in [0.15, 0.2) is 0 Å². The van der Waals surface area contributed by atoms with Crippen molar-refractivity contribution < 1.29 is 14.4 Å². The molecule has 0 bridgehead atoms. The van der Waals surface area contributed by atoms with Crippen molar-refractivity contribution in [2.24, 2.45) is 0 Å². The molecule has 0 aliphatic carbocycles. The Balaban J connectivity index is 4.31. The maximum absolute atomic E-state index is 11.8. The van der Waals surface area contributed by atoms with Gasteiger partial charge in [-0.25, -0.2) is 0 Å². The molecule has 2 atom stereocenters. The molecule has 0 radical (unpaired) electrons. The molecule has 6 nitrogen and oxygen atoms in total. The van der Waals surface area contributed by atoms with Crippen molar-refractivity contribution in [3.63, 3.8) is 0 Å². The fraction of sp³-hybridized carbons (Fsp3) is 0.700. The van der Waals surface area contributed by atoms with Crippen LogP contribution in [-0.2, 0) is 14.4 Å². The highest BCUT2D eigenvalue weighted by molar-refractivity contribution is 14.1. The van der Waals surface area contributed by atoms with Crippen LogP contribution < -0.4 is 10.6 Å². The number of nitrogens with one attached hydrogen (secondary N) is 2. The zero-order chi connectivity index (χ0) is 13.6. The van der Waals surface area contributed by atoms with Crippen LogP contribution in [0.15, 0.2) is 0 Å². The van der Waals surface area contributed by atoms with Crippen LogP contribution in [0.1, 0.15) is 13.8 Å². The highest BCUT2D eigenvalue weighted by Crippen LogP contribution is 1.96. The first-order chi connectivity index (χ1) is 7.79. The van der Waals surface area contributed by atoms with Crippen LogP contribution in [0.2, 0.25) is 0 Å². The van der Waals surface area contributed by atoms with E-state index in [0.717, 1.165) is 0 Å². The summed E-state index contributed by atoms with van der Waals surface area (Å²) in [6.07, 6.45) is 0. The second kappa shape index (κ2) is 7.59. The van der Waals surface area contributed by atoms with Crippen molar-refractivity contribution in [1.82, 2.24) is 15.5 Å². The van der Waals surface area contributed by atoms with Crippen LogP contribution in [0.5, 0.6) is 0 Å². The number of hydrogen-bond acceptors (Lipinski definition) is 4. The third kappa shape index (κ3) is 5.97. The Morgan fingerprint density at radius 2 is 1.76 bits per heavy atom. The molecule has 0 saturated carbocycles. The molecule has 0 heterocycles. The molecule has 0 aliphatic heterocycles. The number of nitrogens with zero attached hydrogens (tertiary/aromatic N) is 1. The predicted molar refractivity (Wildman–Crippen MR) is 72.8 cm³/mol. The highest BCUT2D eigenvalue weighted by atomic mass is 127. The molecule has 2 N–H and O–H groups in total. The lowest BCUT2D eigenvalue weighted by Gasteiger charge is -2.22. The summed E-state index contributed by atoms with van der Waals surface area (Å²) in [7, 11) is 3.20. The van der Waals surface area contributed by atoms with E-state index in [2.05, 4.69) is 10.6 Å². The zero-order valence-electron chi connectivity index (χ0n) is 10.4. The van der Waals surface area contributed by atoms with Crippen LogP contribution in [0.4, 0.5) is 0 Å². The van der Waals surface area contributed by atoms with Gasteiger partial charge in [0.05, 0.1) is 12.6 Å². The SMILES string of the molecule is CNC(C)C(=O)NC(C)C(=O)N(C)CC(=O)I. The summed E-state index contributed by atoms with van der Waals surface area (Å²) < 4.78 is -0.124. The van der Waals surface area contributed by atoms with Gasteiger partial charge in [-0.15, -0.1) is 0 Å². The lowest BCUT2D eigenvalue weighted by Crippen LogP contribution is -2.50. The average molecular weight is 355 g/mol. The monoisotopic (exact) mass is 355 g/mol. The average Bonchev–Trinajstić information content (AvgIpc) is 2.25. The van der Waals surface area contributed by atoms with Gasteiger partial charge in [0.25, 0.3) is 0 Å². The van der Waals surface area contributed by atoms with Crippen molar-refractivity contribution in [1.29, 1.82) is 0 Å². The summed E-state index contributed by atoms with van der Waals surface area (Å²) in [5, 5.41) is 5.36. The second-order valence-electron chi connectivity index (χ2n) is 3.79. The van der Waals surface area contributed by atoms with Crippen LogP contribution in [0.25, 0.3) is 0 Å². The third-order valence-corrected chi connectivity index (χ3v) is 2.63. The molecule has 0 aliphatic rings. The molecule has 98 valence electrons. The number of carbonyl (C=O) groups excluding carboxylic acids is 3. The second-order valence-corrected chi connectivity index (χ2v) is 4.99. The van der Waals surface area contributed by atoms with Crippen molar-refractivity contribution in [3.05, 3.63) is 0 Å². The Morgan fingerprint density at radius 1 is 1.24 bits per heavy atom. The van der Waals surface area contributed by atoms with Gasteiger partial charge in [-0.05, 0) is 20.9 Å². The minimum Gasteiger partial charge on any atom is -0.343 e. The molecule has 2 amide bonds.